The summed E-state index contributed by atoms with van der Waals surface area (Å²) in [5.41, 5.74) is 8.76. The second kappa shape index (κ2) is 12.2. The SMILES string of the molecule is CC(C)(C)c1cc(-n2c3ccc(C(C)(C)C)cc3c3cc(C(C)(C)C)c(-c4cccc([Si](C)(C)c5ccccn5)c4)nc32)c(O)c(C(C)(C)C)c1. The lowest BCUT2D eigenvalue weighted by Crippen LogP contribution is -2.54. The van der Waals surface area contributed by atoms with Gasteiger partial charge in [0.1, 0.15) is 19.5 Å². The van der Waals surface area contributed by atoms with Crippen molar-refractivity contribution < 1.29 is 5.11 Å². The number of fused-ring (bicyclic) bond motifs is 3. The molecule has 1 N–H and O–H groups in total. The van der Waals surface area contributed by atoms with E-state index in [1.54, 1.807) is 0 Å². The van der Waals surface area contributed by atoms with Crippen LogP contribution in [0.1, 0.15) is 105 Å². The number of pyridine rings is 2. The summed E-state index contributed by atoms with van der Waals surface area (Å²) in [5, 5.41) is 17.0. The van der Waals surface area contributed by atoms with Gasteiger partial charge < -0.3 is 5.11 Å². The third kappa shape index (κ3) is 6.66. The first-order valence-electron chi connectivity index (χ1n) is 18.4. The number of hydrogen-bond acceptors (Lipinski definition) is 3. The molecule has 0 spiro atoms. The Morgan fingerprint density at radius 3 is 1.86 bits per heavy atom. The first-order chi connectivity index (χ1) is 23.5. The van der Waals surface area contributed by atoms with E-state index < -0.39 is 8.07 Å². The maximum atomic E-state index is 12.2. The van der Waals surface area contributed by atoms with Crippen LogP contribution < -0.4 is 10.5 Å². The van der Waals surface area contributed by atoms with E-state index in [2.05, 4.69) is 174 Å². The van der Waals surface area contributed by atoms with Gasteiger partial charge in [0, 0.05) is 33.4 Å². The molecule has 6 aromatic rings. The average Bonchev–Trinajstić information content (AvgIpc) is 3.35. The minimum atomic E-state index is -2.08. The summed E-state index contributed by atoms with van der Waals surface area (Å²) in [4.78, 5) is 10.5. The van der Waals surface area contributed by atoms with Gasteiger partial charge in [-0.15, -0.1) is 0 Å². The fraction of sp³-hybridized carbons (Fsp3) is 0.391. The molecule has 0 saturated carbocycles. The third-order valence-electron chi connectivity index (χ3n) is 10.6. The number of aromatic nitrogens is 3. The molecule has 0 saturated heterocycles. The molecule has 51 heavy (non-hydrogen) atoms. The quantitative estimate of drug-likeness (QED) is 0.187. The van der Waals surface area contributed by atoms with Gasteiger partial charge in [-0.25, -0.2) is 4.98 Å². The zero-order valence-electron chi connectivity index (χ0n) is 33.4. The standard InChI is InChI=1S/C46H57N3OSi/c1-43(2,3)30-21-22-37-33(25-30)34-28-35(45(7,8)9)40(29-18-17-19-32(24-29)51(13,14)39-20-15-16-23-47-39)48-42(34)49(37)38-27-31(44(4,5)6)26-36(41(38)50)46(10,11)12/h15-28,50H,1-14H3. The van der Waals surface area contributed by atoms with Crippen molar-refractivity contribution in [2.45, 2.75) is 118 Å². The number of aromatic hydroxyl groups is 1. The Balaban J connectivity index is 1.76. The Hall–Kier alpha value is -4.22. The van der Waals surface area contributed by atoms with Crippen LogP contribution in [0.3, 0.4) is 0 Å². The number of phenols is 1. The molecule has 3 heterocycles. The van der Waals surface area contributed by atoms with E-state index in [1.807, 2.05) is 12.3 Å². The summed E-state index contributed by atoms with van der Waals surface area (Å²) in [6.07, 6.45) is 1.90. The van der Waals surface area contributed by atoms with Gasteiger partial charge in [0.2, 0.25) is 0 Å². The first-order valence-corrected chi connectivity index (χ1v) is 21.4. The number of nitrogens with zero attached hydrogens (tertiary/aromatic N) is 3. The molecular weight excluding hydrogens is 639 g/mol. The number of rotatable bonds is 4. The maximum absolute atomic E-state index is 12.2. The summed E-state index contributed by atoms with van der Waals surface area (Å²) < 4.78 is 2.23. The minimum Gasteiger partial charge on any atom is -0.505 e. The topological polar surface area (TPSA) is 50.9 Å². The Morgan fingerprint density at radius 2 is 1.27 bits per heavy atom. The second-order valence-electron chi connectivity index (χ2n) is 19.1. The largest absolute Gasteiger partial charge is 0.505 e. The Bertz CT molecular complexity index is 2270. The van der Waals surface area contributed by atoms with Crippen molar-refractivity contribution in [2.24, 2.45) is 0 Å². The number of hydrogen-bond donors (Lipinski definition) is 1. The normalized spacial score (nSPS) is 13.4. The lowest BCUT2D eigenvalue weighted by Gasteiger charge is -2.28. The summed E-state index contributed by atoms with van der Waals surface area (Å²) in [5.74, 6) is 0.308. The van der Waals surface area contributed by atoms with Gasteiger partial charge in [0.25, 0.3) is 0 Å². The fourth-order valence-corrected chi connectivity index (χ4v) is 9.40. The van der Waals surface area contributed by atoms with Crippen LogP contribution in [0.5, 0.6) is 5.75 Å². The van der Waals surface area contributed by atoms with Crippen LogP contribution in [0.2, 0.25) is 13.1 Å². The molecule has 5 heteroatoms. The highest BCUT2D eigenvalue weighted by atomic mass is 28.3. The first kappa shape index (κ1) is 36.6. The van der Waals surface area contributed by atoms with Crippen molar-refractivity contribution in [3.63, 3.8) is 0 Å². The maximum Gasteiger partial charge on any atom is 0.146 e. The summed E-state index contributed by atoms with van der Waals surface area (Å²) >= 11 is 0. The van der Waals surface area contributed by atoms with Crippen LogP contribution in [-0.2, 0) is 21.7 Å². The van der Waals surface area contributed by atoms with Gasteiger partial charge in [0.05, 0.1) is 16.9 Å². The molecule has 0 bridgehead atoms. The highest BCUT2D eigenvalue weighted by Gasteiger charge is 2.31. The van der Waals surface area contributed by atoms with Crippen molar-refractivity contribution in [3.8, 4) is 22.7 Å². The molecular formula is C46H57N3OSi. The number of benzene rings is 3. The molecule has 3 aromatic heterocycles. The highest BCUT2D eigenvalue weighted by molar-refractivity contribution is 7.00. The van der Waals surface area contributed by atoms with E-state index in [9.17, 15) is 5.11 Å². The van der Waals surface area contributed by atoms with Crippen molar-refractivity contribution in [1.82, 2.24) is 14.5 Å². The Labute approximate surface area is 307 Å². The zero-order valence-corrected chi connectivity index (χ0v) is 34.4. The molecule has 0 amide bonds. The van der Waals surface area contributed by atoms with Crippen LogP contribution in [0.15, 0.2) is 85.1 Å². The van der Waals surface area contributed by atoms with E-state index in [4.69, 9.17) is 9.97 Å². The second-order valence-corrected chi connectivity index (χ2v) is 23.5. The zero-order chi connectivity index (χ0) is 37.5. The van der Waals surface area contributed by atoms with Crippen molar-refractivity contribution >= 4 is 40.5 Å². The summed E-state index contributed by atoms with van der Waals surface area (Å²) in [6.45, 7) is 31.6. The van der Waals surface area contributed by atoms with Crippen LogP contribution in [0.25, 0.3) is 38.9 Å². The Morgan fingerprint density at radius 1 is 0.608 bits per heavy atom. The van der Waals surface area contributed by atoms with Crippen LogP contribution in [-0.4, -0.2) is 27.7 Å². The molecule has 0 radical (unpaired) electrons. The molecule has 0 atom stereocenters. The molecule has 0 aliphatic carbocycles. The van der Waals surface area contributed by atoms with Gasteiger partial charge in [-0.05, 0) is 74.7 Å². The van der Waals surface area contributed by atoms with Gasteiger partial charge in [-0.1, -0.05) is 144 Å². The molecule has 0 unspecified atom stereocenters. The average molecular weight is 696 g/mol. The van der Waals surface area contributed by atoms with E-state index in [0.29, 0.717) is 5.75 Å². The number of phenolic OH excluding ortho intramolecular Hbond substituents is 1. The smallest absolute Gasteiger partial charge is 0.146 e. The van der Waals surface area contributed by atoms with Gasteiger partial charge >= 0.3 is 0 Å². The summed E-state index contributed by atoms with van der Waals surface area (Å²) in [6, 6.07) is 28.8. The Kier molecular flexibility index (Phi) is 8.74. The third-order valence-corrected chi connectivity index (χ3v) is 13.9. The van der Waals surface area contributed by atoms with Crippen LogP contribution >= 0.6 is 0 Å². The van der Waals surface area contributed by atoms with Crippen LogP contribution in [0.4, 0.5) is 0 Å². The van der Waals surface area contributed by atoms with Crippen molar-refractivity contribution in [2.75, 3.05) is 0 Å². The van der Waals surface area contributed by atoms with Gasteiger partial charge in [-0.3, -0.25) is 9.55 Å². The predicted molar refractivity (Wildman–Crippen MR) is 221 cm³/mol. The minimum absolute atomic E-state index is 0.0265. The monoisotopic (exact) mass is 695 g/mol. The van der Waals surface area contributed by atoms with E-state index >= 15 is 0 Å². The lowest BCUT2D eigenvalue weighted by atomic mass is 9.79. The molecule has 3 aromatic carbocycles. The molecule has 0 aliphatic heterocycles. The van der Waals surface area contributed by atoms with E-state index in [-0.39, 0.29) is 21.7 Å². The van der Waals surface area contributed by atoms with Crippen molar-refractivity contribution in [3.05, 3.63) is 107 Å². The van der Waals surface area contributed by atoms with Gasteiger partial charge in [-0.2, -0.15) is 0 Å². The highest BCUT2D eigenvalue weighted by Crippen LogP contribution is 2.45. The molecule has 0 fully saturated rings. The molecule has 266 valence electrons. The molecule has 6 rings (SSSR count). The summed E-state index contributed by atoms with van der Waals surface area (Å²) in [7, 11) is -2.08. The van der Waals surface area contributed by atoms with E-state index in [0.717, 1.165) is 44.4 Å². The predicted octanol–water partition coefficient (Wildman–Crippen LogP) is 11.0. The molecule has 0 aliphatic rings. The fourth-order valence-electron chi connectivity index (χ4n) is 7.17. The van der Waals surface area contributed by atoms with Crippen LogP contribution in [0, 0.1) is 0 Å². The van der Waals surface area contributed by atoms with E-state index in [1.165, 1.54) is 27.2 Å². The van der Waals surface area contributed by atoms with Gasteiger partial charge in [0.15, 0.2) is 0 Å². The van der Waals surface area contributed by atoms with Crippen molar-refractivity contribution in [1.29, 1.82) is 0 Å². The molecule has 4 nitrogen and oxygen atoms in total. The lowest BCUT2D eigenvalue weighted by molar-refractivity contribution is 0.442.